The SMILES string of the molecule is C=CCCN(C1(CO)CCCCC1)S(=O)(=O)/C(=C/C=C(/Cl)C=C)CC. The topological polar surface area (TPSA) is 57.6 Å². The largest absolute Gasteiger partial charge is 0.394 e. The van der Waals surface area contributed by atoms with Crippen LogP contribution in [0.2, 0.25) is 0 Å². The van der Waals surface area contributed by atoms with Gasteiger partial charge in [0.15, 0.2) is 0 Å². The molecule has 0 radical (unpaired) electrons. The van der Waals surface area contributed by atoms with E-state index in [1.165, 1.54) is 16.5 Å². The van der Waals surface area contributed by atoms with E-state index in [0.717, 1.165) is 19.3 Å². The van der Waals surface area contributed by atoms with Crippen LogP contribution < -0.4 is 0 Å². The zero-order valence-electron chi connectivity index (χ0n) is 15.1. The first-order valence-electron chi connectivity index (χ1n) is 8.81. The van der Waals surface area contributed by atoms with Gasteiger partial charge in [-0.05, 0) is 37.8 Å². The van der Waals surface area contributed by atoms with E-state index in [1.54, 1.807) is 19.1 Å². The summed E-state index contributed by atoms with van der Waals surface area (Å²) in [6, 6.07) is 0. The molecule has 1 saturated carbocycles. The summed E-state index contributed by atoms with van der Waals surface area (Å²) >= 11 is 5.92. The molecule has 4 nitrogen and oxygen atoms in total. The second kappa shape index (κ2) is 10.3. The Hall–Kier alpha value is -0.880. The third-order valence-electron chi connectivity index (χ3n) is 4.74. The highest BCUT2D eigenvalue weighted by molar-refractivity contribution is 7.93. The lowest BCUT2D eigenvalue weighted by Gasteiger charge is -2.44. The lowest BCUT2D eigenvalue weighted by atomic mass is 9.82. The number of aliphatic hydroxyl groups excluding tert-OH is 1. The van der Waals surface area contributed by atoms with Crippen LogP contribution in [0.25, 0.3) is 0 Å². The van der Waals surface area contributed by atoms with E-state index in [0.29, 0.717) is 37.3 Å². The van der Waals surface area contributed by atoms with Gasteiger partial charge in [-0.25, -0.2) is 8.42 Å². The molecule has 0 aromatic rings. The van der Waals surface area contributed by atoms with Crippen LogP contribution in [0, 0.1) is 0 Å². The van der Waals surface area contributed by atoms with Gasteiger partial charge in [-0.15, -0.1) is 6.58 Å². The summed E-state index contributed by atoms with van der Waals surface area (Å²) in [5, 5.41) is 10.5. The van der Waals surface area contributed by atoms with E-state index in [9.17, 15) is 13.5 Å². The molecule has 6 heteroatoms. The van der Waals surface area contributed by atoms with Crippen molar-refractivity contribution in [3.8, 4) is 0 Å². The first kappa shape index (κ1) is 22.2. The van der Waals surface area contributed by atoms with Gasteiger partial charge in [0.2, 0.25) is 10.0 Å². The highest BCUT2D eigenvalue weighted by Crippen LogP contribution is 2.37. The van der Waals surface area contributed by atoms with E-state index in [1.807, 2.05) is 0 Å². The molecular formula is C19H30ClNO3S. The van der Waals surface area contributed by atoms with Crippen molar-refractivity contribution in [3.63, 3.8) is 0 Å². The molecule has 1 N–H and O–H groups in total. The first-order valence-corrected chi connectivity index (χ1v) is 10.6. The van der Waals surface area contributed by atoms with Gasteiger partial charge < -0.3 is 5.11 Å². The molecule has 142 valence electrons. The van der Waals surface area contributed by atoms with Crippen LogP contribution in [-0.4, -0.2) is 36.5 Å². The van der Waals surface area contributed by atoms with E-state index in [2.05, 4.69) is 13.2 Å². The first-order chi connectivity index (χ1) is 11.9. The summed E-state index contributed by atoms with van der Waals surface area (Å²) in [5.41, 5.74) is -0.722. The van der Waals surface area contributed by atoms with E-state index in [-0.39, 0.29) is 11.5 Å². The molecule has 0 bridgehead atoms. The minimum Gasteiger partial charge on any atom is -0.394 e. The summed E-state index contributed by atoms with van der Waals surface area (Å²) in [6.45, 7) is 9.24. The molecule has 1 aliphatic rings. The number of hydrogen-bond acceptors (Lipinski definition) is 3. The van der Waals surface area contributed by atoms with Gasteiger partial charge in [0.05, 0.1) is 17.1 Å². The smallest absolute Gasteiger partial charge is 0.239 e. The van der Waals surface area contributed by atoms with Crippen molar-refractivity contribution in [1.82, 2.24) is 4.31 Å². The molecule has 25 heavy (non-hydrogen) atoms. The summed E-state index contributed by atoms with van der Waals surface area (Å²) in [7, 11) is -3.71. The average Bonchev–Trinajstić information content (AvgIpc) is 2.62. The molecule has 0 aromatic heterocycles. The molecule has 0 amide bonds. The van der Waals surface area contributed by atoms with Crippen molar-refractivity contribution >= 4 is 21.6 Å². The fourth-order valence-corrected chi connectivity index (χ4v) is 5.33. The zero-order valence-corrected chi connectivity index (χ0v) is 16.7. The molecule has 0 aromatic carbocycles. The van der Waals surface area contributed by atoms with Gasteiger partial charge in [-0.3, -0.25) is 0 Å². The third kappa shape index (κ3) is 5.55. The number of hydrogen-bond donors (Lipinski definition) is 1. The predicted molar refractivity (Wildman–Crippen MR) is 106 cm³/mol. The fourth-order valence-electron chi connectivity index (χ4n) is 3.29. The normalized spacial score (nSPS) is 19.0. The molecule has 1 fully saturated rings. The lowest BCUT2D eigenvalue weighted by Crippen LogP contribution is -2.55. The van der Waals surface area contributed by atoms with Gasteiger partial charge in [0.25, 0.3) is 0 Å². The Morgan fingerprint density at radius 3 is 2.36 bits per heavy atom. The van der Waals surface area contributed by atoms with Crippen LogP contribution in [0.4, 0.5) is 0 Å². The maximum Gasteiger partial charge on any atom is 0.239 e. The molecule has 0 unspecified atom stereocenters. The molecule has 1 aliphatic carbocycles. The Labute approximate surface area is 157 Å². The molecule has 0 aliphatic heterocycles. The number of rotatable bonds is 10. The fraction of sp³-hybridized carbons (Fsp3) is 0.579. The van der Waals surface area contributed by atoms with Crippen LogP contribution in [0.1, 0.15) is 51.9 Å². The van der Waals surface area contributed by atoms with Gasteiger partial charge in [-0.1, -0.05) is 56.5 Å². The zero-order chi connectivity index (χ0) is 18.9. The maximum atomic E-state index is 13.3. The second-order valence-electron chi connectivity index (χ2n) is 6.34. The molecule has 1 rings (SSSR count). The Kier molecular flexibility index (Phi) is 9.14. The maximum absolute atomic E-state index is 13.3. The average molecular weight is 388 g/mol. The van der Waals surface area contributed by atoms with Crippen LogP contribution in [0.3, 0.4) is 0 Å². The number of halogens is 1. The Morgan fingerprint density at radius 2 is 1.88 bits per heavy atom. The number of sulfonamides is 1. The third-order valence-corrected chi connectivity index (χ3v) is 7.26. The summed E-state index contributed by atoms with van der Waals surface area (Å²) in [5.74, 6) is 0. The van der Waals surface area contributed by atoms with E-state index >= 15 is 0 Å². The van der Waals surface area contributed by atoms with Gasteiger partial charge >= 0.3 is 0 Å². The van der Waals surface area contributed by atoms with Gasteiger partial charge in [0.1, 0.15) is 0 Å². The van der Waals surface area contributed by atoms with Crippen molar-refractivity contribution < 1.29 is 13.5 Å². The van der Waals surface area contributed by atoms with Crippen LogP contribution in [-0.2, 0) is 10.0 Å². The summed E-state index contributed by atoms with van der Waals surface area (Å²) < 4.78 is 28.2. The minimum atomic E-state index is -3.71. The number of nitrogens with zero attached hydrogens (tertiary/aromatic N) is 1. The van der Waals surface area contributed by atoms with Crippen LogP contribution in [0.15, 0.2) is 47.4 Å². The predicted octanol–water partition coefficient (Wildman–Crippen LogP) is 4.49. The quantitative estimate of drug-likeness (QED) is 0.443. The van der Waals surface area contributed by atoms with E-state index < -0.39 is 15.6 Å². The van der Waals surface area contributed by atoms with Crippen molar-refractivity contribution in [3.05, 3.63) is 47.4 Å². The number of aliphatic hydroxyl groups is 1. The number of allylic oxidation sites excluding steroid dienone is 5. The van der Waals surface area contributed by atoms with Crippen molar-refractivity contribution in [2.75, 3.05) is 13.2 Å². The minimum absolute atomic E-state index is 0.163. The van der Waals surface area contributed by atoms with Gasteiger partial charge in [0, 0.05) is 11.6 Å². The van der Waals surface area contributed by atoms with E-state index in [4.69, 9.17) is 11.6 Å². The highest BCUT2D eigenvalue weighted by atomic mass is 35.5. The Bertz CT molecular complexity index is 617. The molecular weight excluding hydrogens is 358 g/mol. The molecule has 0 heterocycles. The highest BCUT2D eigenvalue weighted by Gasteiger charge is 2.44. The van der Waals surface area contributed by atoms with Gasteiger partial charge in [-0.2, -0.15) is 4.31 Å². The molecule has 0 spiro atoms. The second-order valence-corrected chi connectivity index (χ2v) is 8.69. The molecule has 0 atom stereocenters. The monoisotopic (exact) mass is 387 g/mol. The van der Waals surface area contributed by atoms with Crippen molar-refractivity contribution in [2.24, 2.45) is 0 Å². The Balaban J connectivity index is 3.35. The van der Waals surface area contributed by atoms with Crippen molar-refractivity contribution in [1.29, 1.82) is 0 Å². The molecule has 0 saturated heterocycles. The Morgan fingerprint density at radius 1 is 1.24 bits per heavy atom. The summed E-state index contributed by atoms with van der Waals surface area (Å²) in [6.07, 6.45) is 11.4. The van der Waals surface area contributed by atoms with Crippen molar-refractivity contribution in [2.45, 2.75) is 57.4 Å². The van der Waals surface area contributed by atoms with Crippen LogP contribution in [0.5, 0.6) is 0 Å². The summed E-state index contributed by atoms with van der Waals surface area (Å²) in [4.78, 5) is 0.287. The van der Waals surface area contributed by atoms with Crippen LogP contribution >= 0.6 is 11.6 Å². The lowest BCUT2D eigenvalue weighted by molar-refractivity contribution is 0.0574. The standard InChI is InChI=1S/C19H30ClNO3S/c1-4-7-15-21(19(16-22)13-9-8-10-14-19)25(23,24)18(6-3)12-11-17(20)5-2/h4-5,11-12,22H,1-2,6-10,13-16H2,3H3/b17-11+,18-12+.